The highest BCUT2D eigenvalue weighted by Crippen LogP contribution is 2.34. The van der Waals surface area contributed by atoms with Gasteiger partial charge in [-0.25, -0.2) is 4.68 Å². The lowest BCUT2D eigenvalue weighted by atomic mass is 10.2. The Balaban J connectivity index is 2.15. The van der Waals surface area contributed by atoms with Crippen LogP contribution in [-0.4, -0.2) is 9.78 Å². The van der Waals surface area contributed by atoms with Crippen molar-refractivity contribution >= 4 is 33.1 Å². The van der Waals surface area contributed by atoms with Gasteiger partial charge in [0.1, 0.15) is 11.5 Å². The van der Waals surface area contributed by atoms with Crippen LogP contribution in [0.3, 0.4) is 0 Å². The Kier molecular flexibility index (Phi) is 3.16. The van der Waals surface area contributed by atoms with E-state index < -0.39 is 0 Å². The lowest BCUT2D eigenvalue weighted by molar-refractivity contribution is 0.896. The molecule has 2 N–H and O–H groups in total. The van der Waals surface area contributed by atoms with Crippen LogP contribution in [0, 0.1) is 6.92 Å². The highest BCUT2D eigenvalue weighted by Gasteiger charge is 2.15. The third-order valence-electron chi connectivity index (χ3n) is 2.97. The van der Waals surface area contributed by atoms with Crippen LogP contribution in [0.2, 0.25) is 0 Å². The Morgan fingerprint density at radius 2 is 1.89 bits per heavy atom. The second kappa shape index (κ2) is 4.83. The molecule has 0 aliphatic heterocycles. The van der Waals surface area contributed by atoms with Gasteiger partial charge in [-0.3, -0.25) is 0 Å². The van der Waals surface area contributed by atoms with Gasteiger partial charge in [-0.2, -0.15) is 5.10 Å². The van der Waals surface area contributed by atoms with E-state index in [1.165, 1.54) is 0 Å². The van der Waals surface area contributed by atoms with Gasteiger partial charge in [-0.05, 0) is 47.1 Å². The summed E-state index contributed by atoms with van der Waals surface area (Å²) in [6.07, 6.45) is 0. The average molecular weight is 334 g/mol. The van der Waals surface area contributed by atoms with Gasteiger partial charge in [0.05, 0.1) is 14.4 Å². The van der Waals surface area contributed by atoms with Crippen molar-refractivity contribution in [1.29, 1.82) is 0 Å². The lowest BCUT2D eigenvalue weighted by Gasteiger charge is -2.02. The quantitative estimate of drug-likeness (QED) is 0.761. The number of nitrogens with two attached hydrogens (primary N) is 1. The minimum absolute atomic E-state index is 0.686. The molecule has 19 heavy (non-hydrogen) atoms. The number of aromatic nitrogens is 2. The van der Waals surface area contributed by atoms with Gasteiger partial charge < -0.3 is 5.73 Å². The molecule has 0 saturated heterocycles. The molecular weight excluding hydrogens is 322 g/mol. The van der Waals surface area contributed by atoms with E-state index in [1.54, 1.807) is 16.0 Å². The minimum Gasteiger partial charge on any atom is -0.383 e. The van der Waals surface area contributed by atoms with Gasteiger partial charge in [0.15, 0.2) is 0 Å². The van der Waals surface area contributed by atoms with Crippen molar-refractivity contribution in [2.24, 2.45) is 0 Å². The third-order valence-corrected chi connectivity index (χ3v) is 4.61. The van der Waals surface area contributed by atoms with Gasteiger partial charge in [-0.15, -0.1) is 11.3 Å². The summed E-state index contributed by atoms with van der Waals surface area (Å²) >= 11 is 5.13. The molecule has 3 aromatic rings. The Morgan fingerprint density at radius 1 is 1.16 bits per heavy atom. The second-order valence-corrected chi connectivity index (χ2v) is 6.67. The number of para-hydroxylation sites is 1. The van der Waals surface area contributed by atoms with E-state index in [-0.39, 0.29) is 0 Å². The summed E-state index contributed by atoms with van der Waals surface area (Å²) in [5, 5.41) is 4.64. The zero-order valence-corrected chi connectivity index (χ0v) is 12.7. The summed E-state index contributed by atoms with van der Waals surface area (Å²) in [6.45, 7) is 2.00. The Labute approximate surface area is 123 Å². The Morgan fingerprint density at radius 3 is 2.53 bits per heavy atom. The number of hydrogen-bond acceptors (Lipinski definition) is 3. The number of hydrogen-bond donors (Lipinski definition) is 1. The Hall–Kier alpha value is -1.59. The number of nitrogens with zero attached hydrogens (tertiary/aromatic N) is 2. The van der Waals surface area contributed by atoms with Crippen LogP contribution >= 0.6 is 27.3 Å². The van der Waals surface area contributed by atoms with Crippen LogP contribution in [0.15, 0.2) is 46.3 Å². The van der Waals surface area contributed by atoms with Gasteiger partial charge in [0.25, 0.3) is 0 Å². The van der Waals surface area contributed by atoms with Crippen molar-refractivity contribution < 1.29 is 0 Å². The Bertz CT molecular complexity index is 716. The predicted octanol–water partition coefficient (Wildman–Crippen LogP) is 4.25. The predicted molar refractivity (Wildman–Crippen MR) is 83.7 cm³/mol. The zero-order valence-electron chi connectivity index (χ0n) is 10.3. The van der Waals surface area contributed by atoms with Crippen LogP contribution in [0.25, 0.3) is 16.3 Å². The normalized spacial score (nSPS) is 10.8. The largest absolute Gasteiger partial charge is 0.383 e. The molecule has 0 aliphatic carbocycles. The summed E-state index contributed by atoms with van der Waals surface area (Å²) in [5.74, 6) is 0.686. The number of rotatable bonds is 2. The zero-order chi connectivity index (χ0) is 13.4. The molecule has 0 aliphatic rings. The maximum Gasteiger partial charge on any atom is 0.130 e. The number of nitrogen functional groups attached to an aromatic ring is 1. The summed E-state index contributed by atoms with van der Waals surface area (Å²) in [7, 11) is 0. The second-order valence-electron chi connectivity index (χ2n) is 4.21. The van der Waals surface area contributed by atoms with Crippen molar-refractivity contribution in [3.8, 4) is 16.3 Å². The number of anilines is 1. The van der Waals surface area contributed by atoms with E-state index in [0.29, 0.717) is 5.82 Å². The smallest absolute Gasteiger partial charge is 0.130 e. The fourth-order valence-electron chi connectivity index (χ4n) is 1.95. The van der Waals surface area contributed by atoms with E-state index in [0.717, 1.165) is 25.6 Å². The summed E-state index contributed by atoms with van der Waals surface area (Å²) in [4.78, 5) is 1.12. The first-order valence-corrected chi connectivity index (χ1v) is 7.44. The summed E-state index contributed by atoms with van der Waals surface area (Å²) in [6, 6.07) is 14.0. The van der Waals surface area contributed by atoms with Crippen molar-refractivity contribution in [3.63, 3.8) is 0 Å². The topological polar surface area (TPSA) is 43.8 Å². The number of benzene rings is 1. The molecule has 0 fully saturated rings. The molecule has 96 valence electrons. The standard InChI is InChI=1S/C14H12BrN3S/c1-9-13(11-7-8-12(15)19-11)17-18(14(9)16)10-5-3-2-4-6-10/h2-8H,16H2,1H3. The van der Waals surface area contributed by atoms with Crippen LogP contribution in [0.4, 0.5) is 5.82 Å². The maximum atomic E-state index is 6.17. The van der Waals surface area contributed by atoms with Crippen molar-refractivity contribution in [1.82, 2.24) is 9.78 Å². The molecule has 3 rings (SSSR count). The first kappa shape index (κ1) is 12.4. The molecule has 5 heteroatoms. The molecule has 0 atom stereocenters. The highest BCUT2D eigenvalue weighted by atomic mass is 79.9. The maximum absolute atomic E-state index is 6.17. The van der Waals surface area contributed by atoms with Gasteiger partial charge in [0.2, 0.25) is 0 Å². The molecule has 2 heterocycles. The minimum atomic E-state index is 0.686. The molecule has 0 radical (unpaired) electrons. The number of thiophene rings is 1. The molecule has 1 aromatic carbocycles. The molecule has 0 saturated carbocycles. The van der Waals surface area contributed by atoms with Gasteiger partial charge >= 0.3 is 0 Å². The first-order valence-electron chi connectivity index (χ1n) is 5.83. The fourth-order valence-corrected chi connectivity index (χ4v) is 3.38. The van der Waals surface area contributed by atoms with Gasteiger partial charge in [0, 0.05) is 5.56 Å². The monoisotopic (exact) mass is 333 g/mol. The van der Waals surface area contributed by atoms with E-state index in [1.807, 2.05) is 43.3 Å². The van der Waals surface area contributed by atoms with Crippen molar-refractivity contribution in [2.75, 3.05) is 5.73 Å². The molecule has 2 aromatic heterocycles. The van der Waals surface area contributed by atoms with E-state index >= 15 is 0 Å². The van der Waals surface area contributed by atoms with E-state index in [2.05, 4.69) is 27.1 Å². The molecule has 0 amide bonds. The SMILES string of the molecule is Cc1c(-c2ccc(Br)s2)nn(-c2ccccc2)c1N. The van der Waals surface area contributed by atoms with Crippen LogP contribution in [0.5, 0.6) is 0 Å². The molecular formula is C14H12BrN3S. The molecule has 3 nitrogen and oxygen atoms in total. The van der Waals surface area contributed by atoms with Crippen LogP contribution in [0.1, 0.15) is 5.56 Å². The molecule has 0 spiro atoms. The average Bonchev–Trinajstić information content (AvgIpc) is 2.97. The molecule has 0 bridgehead atoms. The van der Waals surface area contributed by atoms with Crippen molar-refractivity contribution in [3.05, 3.63) is 51.8 Å². The fraction of sp³-hybridized carbons (Fsp3) is 0.0714. The lowest BCUT2D eigenvalue weighted by Crippen LogP contribution is -2.01. The number of halogens is 1. The molecule has 0 unspecified atom stereocenters. The summed E-state index contributed by atoms with van der Waals surface area (Å²) < 4.78 is 2.88. The highest BCUT2D eigenvalue weighted by molar-refractivity contribution is 9.11. The third kappa shape index (κ3) is 2.19. The van der Waals surface area contributed by atoms with E-state index in [4.69, 9.17) is 5.73 Å². The van der Waals surface area contributed by atoms with E-state index in [9.17, 15) is 0 Å². The van der Waals surface area contributed by atoms with Crippen molar-refractivity contribution in [2.45, 2.75) is 6.92 Å². The van der Waals surface area contributed by atoms with Crippen LogP contribution < -0.4 is 5.73 Å². The van der Waals surface area contributed by atoms with Crippen LogP contribution in [-0.2, 0) is 0 Å². The van der Waals surface area contributed by atoms with Gasteiger partial charge in [-0.1, -0.05) is 18.2 Å². The summed E-state index contributed by atoms with van der Waals surface area (Å²) in [5.41, 5.74) is 9.10. The first-order chi connectivity index (χ1) is 9.16.